The molecule has 0 radical (unpaired) electrons. The van der Waals surface area contributed by atoms with Crippen LogP contribution in [-0.4, -0.2) is 32.8 Å². The Bertz CT molecular complexity index is 1170. The van der Waals surface area contributed by atoms with Crippen LogP contribution in [0.3, 0.4) is 0 Å². The number of aromatic nitrogens is 4. The molecule has 0 saturated carbocycles. The Morgan fingerprint density at radius 3 is 2.61 bits per heavy atom. The van der Waals surface area contributed by atoms with Gasteiger partial charge in [-0.2, -0.15) is 5.10 Å². The molecule has 7 heteroatoms. The fourth-order valence-electron chi connectivity index (χ4n) is 3.09. The Kier molecular flexibility index (Phi) is 4.49. The van der Waals surface area contributed by atoms with Crippen LogP contribution in [0, 0.1) is 13.8 Å². The number of methoxy groups -OCH3 is 1. The highest BCUT2D eigenvalue weighted by Gasteiger charge is 2.19. The molecule has 28 heavy (non-hydrogen) atoms. The van der Waals surface area contributed by atoms with Crippen LogP contribution in [0.4, 0.5) is 5.69 Å². The minimum absolute atomic E-state index is 0.207. The smallest absolute Gasteiger partial charge is 0.278 e. The summed E-state index contributed by atoms with van der Waals surface area (Å²) in [5, 5.41) is 15.7. The monoisotopic (exact) mass is 373 g/mol. The summed E-state index contributed by atoms with van der Waals surface area (Å²) in [6, 6.07) is 15.4. The van der Waals surface area contributed by atoms with Crippen molar-refractivity contribution in [3.63, 3.8) is 0 Å². The van der Waals surface area contributed by atoms with E-state index in [9.17, 15) is 4.79 Å². The Balaban J connectivity index is 1.71. The van der Waals surface area contributed by atoms with Gasteiger partial charge in [0.1, 0.15) is 5.75 Å². The van der Waals surface area contributed by atoms with Gasteiger partial charge in [-0.25, -0.2) is 4.52 Å². The number of nitrogens with one attached hydrogen (secondary N) is 1. The van der Waals surface area contributed by atoms with Gasteiger partial charge < -0.3 is 10.1 Å². The van der Waals surface area contributed by atoms with E-state index in [0.29, 0.717) is 22.8 Å². The topological polar surface area (TPSA) is 81.4 Å². The van der Waals surface area contributed by atoms with Crippen molar-refractivity contribution < 1.29 is 9.53 Å². The lowest BCUT2D eigenvalue weighted by Gasteiger charge is -2.11. The third-order valence-electron chi connectivity index (χ3n) is 4.55. The minimum Gasteiger partial charge on any atom is -0.495 e. The van der Waals surface area contributed by atoms with E-state index in [-0.39, 0.29) is 11.6 Å². The Labute approximate surface area is 162 Å². The molecule has 2 aromatic heterocycles. The van der Waals surface area contributed by atoms with E-state index < -0.39 is 0 Å². The van der Waals surface area contributed by atoms with E-state index in [1.807, 2.05) is 55.5 Å². The Hall–Kier alpha value is -3.74. The number of aryl methyl sites for hydroxylation is 2. The molecule has 0 bridgehead atoms. The number of hydrogen-bond donors (Lipinski definition) is 1. The van der Waals surface area contributed by atoms with Crippen molar-refractivity contribution in [3.8, 4) is 16.9 Å². The lowest BCUT2D eigenvalue weighted by Crippen LogP contribution is -2.19. The number of amides is 1. The van der Waals surface area contributed by atoms with E-state index >= 15 is 0 Å². The third kappa shape index (κ3) is 3.07. The molecule has 0 spiro atoms. The number of benzene rings is 2. The van der Waals surface area contributed by atoms with E-state index in [4.69, 9.17) is 4.74 Å². The summed E-state index contributed by atoms with van der Waals surface area (Å²) in [4.78, 5) is 12.8. The molecule has 140 valence electrons. The Morgan fingerprint density at radius 1 is 1.07 bits per heavy atom. The maximum atomic E-state index is 12.8. The summed E-state index contributed by atoms with van der Waals surface area (Å²) in [7, 11) is 1.56. The van der Waals surface area contributed by atoms with Gasteiger partial charge in [-0.15, -0.1) is 10.2 Å². The van der Waals surface area contributed by atoms with E-state index in [2.05, 4.69) is 20.6 Å². The minimum atomic E-state index is -0.368. The second-order valence-electron chi connectivity index (χ2n) is 6.45. The van der Waals surface area contributed by atoms with Crippen LogP contribution in [0.1, 0.15) is 21.7 Å². The number of hydrogen-bond acceptors (Lipinski definition) is 5. The maximum absolute atomic E-state index is 12.8. The van der Waals surface area contributed by atoms with Gasteiger partial charge in [-0.1, -0.05) is 36.4 Å². The average Bonchev–Trinajstić information content (AvgIpc) is 3.14. The first-order valence-electron chi connectivity index (χ1n) is 8.81. The number of fused-ring (bicyclic) bond motifs is 1. The molecule has 0 aliphatic heterocycles. The van der Waals surface area contributed by atoms with Crippen molar-refractivity contribution >= 4 is 17.2 Å². The second kappa shape index (κ2) is 7.11. The number of carbonyl (C=O) groups excluding carboxylic acids is 1. The molecule has 0 saturated heterocycles. The van der Waals surface area contributed by atoms with Crippen LogP contribution in [0.15, 0.2) is 54.7 Å². The normalized spacial score (nSPS) is 10.8. The predicted molar refractivity (Wildman–Crippen MR) is 107 cm³/mol. The largest absolute Gasteiger partial charge is 0.495 e. The van der Waals surface area contributed by atoms with Crippen molar-refractivity contribution in [2.24, 2.45) is 0 Å². The van der Waals surface area contributed by atoms with Gasteiger partial charge in [0.2, 0.25) is 0 Å². The van der Waals surface area contributed by atoms with Gasteiger partial charge in [0.15, 0.2) is 11.3 Å². The fourth-order valence-corrected chi connectivity index (χ4v) is 3.09. The second-order valence-corrected chi connectivity index (χ2v) is 6.45. The van der Waals surface area contributed by atoms with Crippen LogP contribution in [0.25, 0.3) is 16.8 Å². The van der Waals surface area contributed by atoms with Gasteiger partial charge in [-0.05, 0) is 37.1 Å². The fraction of sp³-hybridized carbons (Fsp3) is 0.143. The average molecular weight is 373 g/mol. The van der Waals surface area contributed by atoms with E-state index in [1.165, 1.54) is 0 Å². The Morgan fingerprint density at radius 2 is 1.86 bits per heavy atom. The molecule has 1 amide bonds. The predicted octanol–water partition coefficient (Wildman–Crippen LogP) is 3.67. The molecule has 4 rings (SSSR count). The summed E-state index contributed by atoms with van der Waals surface area (Å²) in [6.07, 6.45) is 1.73. The van der Waals surface area contributed by atoms with Crippen molar-refractivity contribution in [1.29, 1.82) is 0 Å². The summed E-state index contributed by atoms with van der Waals surface area (Å²) in [5.41, 5.74) is 4.87. The quantitative estimate of drug-likeness (QED) is 0.590. The van der Waals surface area contributed by atoms with Gasteiger partial charge in [-0.3, -0.25) is 4.79 Å². The zero-order valence-corrected chi connectivity index (χ0v) is 15.8. The highest BCUT2D eigenvalue weighted by atomic mass is 16.5. The lowest BCUT2D eigenvalue weighted by atomic mass is 10.1. The third-order valence-corrected chi connectivity index (χ3v) is 4.55. The van der Waals surface area contributed by atoms with Crippen LogP contribution in [0.2, 0.25) is 0 Å². The number of anilines is 1. The zero-order valence-electron chi connectivity index (χ0n) is 15.8. The molecular formula is C21H19N5O2. The number of ether oxygens (including phenoxy) is 1. The van der Waals surface area contributed by atoms with E-state index in [0.717, 1.165) is 16.7 Å². The highest BCUT2D eigenvalue weighted by molar-refractivity contribution is 6.04. The first kappa shape index (κ1) is 17.7. The molecule has 4 aromatic rings. The summed E-state index contributed by atoms with van der Waals surface area (Å²) in [6.45, 7) is 3.74. The molecule has 0 unspecified atom stereocenters. The molecule has 0 aliphatic carbocycles. The molecule has 7 nitrogen and oxygen atoms in total. The molecule has 0 atom stereocenters. The van der Waals surface area contributed by atoms with Crippen molar-refractivity contribution in [1.82, 2.24) is 19.8 Å². The number of rotatable bonds is 4. The van der Waals surface area contributed by atoms with Crippen molar-refractivity contribution in [3.05, 3.63) is 71.7 Å². The van der Waals surface area contributed by atoms with Crippen LogP contribution in [-0.2, 0) is 0 Å². The van der Waals surface area contributed by atoms with Crippen molar-refractivity contribution in [2.45, 2.75) is 13.8 Å². The lowest BCUT2D eigenvalue weighted by molar-refractivity contribution is 0.101. The summed E-state index contributed by atoms with van der Waals surface area (Å²) >= 11 is 0. The van der Waals surface area contributed by atoms with Gasteiger partial charge in [0.05, 0.1) is 24.7 Å². The first-order valence-corrected chi connectivity index (χ1v) is 8.81. The SMILES string of the molecule is COc1ccc(C)cc1NC(=O)c1nnc2c(-c3ccccc3)cnn2c1C. The molecule has 2 heterocycles. The van der Waals surface area contributed by atoms with Gasteiger partial charge in [0, 0.05) is 5.56 Å². The van der Waals surface area contributed by atoms with Crippen LogP contribution >= 0.6 is 0 Å². The summed E-state index contributed by atoms with van der Waals surface area (Å²) in [5.74, 6) is 0.212. The molecular weight excluding hydrogens is 354 g/mol. The molecule has 0 fully saturated rings. The standard InChI is InChI=1S/C21H19N5O2/c1-13-9-10-18(28-3)17(11-13)23-21(27)19-14(2)26-20(25-24-19)16(12-22-26)15-7-5-4-6-8-15/h4-12H,1-3H3,(H,23,27). The maximum Gasteiger partial charge on any atom is 0.278 e. The first-order chi connectivity index (χ1) is 13.6. The molecule has 0 aliphatic rings. The van der Waals surface area contributed by atoms with E-state index in [1.54, 1.807) is 24.7 Å². The van der Waals surface area contributed by atoms with Crippen LogP contribution in [0.5, 0.6) is 5.75 Å². The van der Waals surface area contributed by atoms with Crippen molar-refractivity contribution in [2.75, 3.05) is 12.4 Å². The van der Waals surface area contributed by atoms with Gasteiger partial charge in [0.25, 0.3) is 5.91 Å². The number of carbonyl (C=O) groups is 1. The van der Waals surface area contributed by atoms with Gasteiger partial charge >= 0.3 is 0 Å². The summed E-state index contributed by atoms with van der Waals surface area (Å²) < 4.78 is 6.96. The van der Waals surface area contributed by atoms with Crippen LogP contribution < -0.4 is 10.1 Å². The zero-order chi connectivity index (χ0) is 19.7. The molecule has 1 N–H and O–H groups in total. The highest BCUT2D eigenvalue weighted by Crippen LogP contribution is 2.27. The molecule has 2 aromatic carbocycles. The number of nitrogens with zero attached hydrogens (tertiary/aromatic N) is 4.